The fourth-order valence-electron chi connectivity index (χ4n) is 7.42. The van der Waals surface area contributed by atoms with E-state index in [0.29, 0.717) is 24.1 Å². The van der Waals surface area contributed by atoms with Crippen LogP contribution in [0.1, 0.15) is 57.8 Å². The molecule has 0 saturated heterocycles. The minimum atomic E-state index is -0.473. The molecule has 5 fully saturated rings. The van der Waals surface area contributed by atoms with Crippen LogP contribution in [0, 0.1) is 35.0 Å². The van der Waals surface area contributed by atoms with Crippen molar-refractivity contribution in [3.63, 3.8) is 0 Å². The molecule has 6 rings (SSSR count). The molecule has 3 unspecified atom stereocenters. The molecule has 5 saturated carbocycles. The Morgan fingerprint density at radius 3 is 2.52 bits per heavy atom. The SMILES string of the molecule is COc1ccc(NC(=O)OC23CC4CC(CC(NCC(=O)C5CCC[C@H]5C#N)(C4)C2)C3)cc1. The largest absolute Gasteiger partial charge is 0.497 e. The highest BCUT2D eigenvalue weighted by atomic mass is 16.6. The van der Waals surface area contributed by atoms with Crippen LogP contribution in [0.4, 0.5) is 10.5 Å². The molecule has 0 heterocycles. The van der Waals surface area contributed by atoms with Crippen LogP contribution in [0.25, 0.3) is 0 Å². The second-order valence-corrected chi connectivity index (χ2v) is 10.8. The minimum Gasteiger partial charge on any atom is -0.497 e. The van der Waals surface area contributed by atoms with Crippen LogP contribution in [0.2, 0.25) is 0 Å². The van der Waals surface area contributed by atoms with Crippen molar-refractivity contribution in [2.45, 2.75) is 68.9 Å². The molecule has 1 amide bonds. The smallest absolute Gasteiger partial charge is 0.412 e. The average Bonchev–Trinajstić information content (AvgIpc) is 3.26. The van der Waals surface area contributed by atoms with Crippen LogP contribution < -0.4 is 15.4 Å². The molecule has 4 atom stereocenters. The van der Waals surface area contributed by atoms with Crippen LogP contribution >= 0.6 is 0 Å². The molecule has 33 heavy (non-hydrogen) atoms. The predicted octanol–water partition coefficient (Wildman–Crippen LogP) is 4.43. The predicted molar refractivity (Wildman–Crippen MR) is 123 cm³/mol. The van der Waals surface area contributed by atoms with E-state index in [0.717, 1.165) is 57.1 Å². The summed E-state index contributed by atoms with van der Waals surface area (Å²) in [6.45, 7) is 0.316. The molecule has 176 valence electrons. The maximum atomic E-state index is 12.9. The van der Waals surface area contributed by atoms with Crippen molar-refractivity contribution in [1.29, 1.82) is 5.26 Å². The number of hydrogen-bond donors (Lipinski definition) is 2. The van der Waals surface area contributed by atoms with Gasteiger partial charge in [-0.2, -0.15) is 5.26 Å². The van der Waals surface area contributed by atoms with Gasteiger partial charge in [0, 0.05) is 23.6 Å². The van der Waals surface area contributed by atoms with Crippen molar-refractivity contribution in [1.82, 2.24) is 5.32 Å². The van der Waals surface area contributed by atoms with E-state index in [1.54, 1.807) is 31.4 Å². The maximum absolute atomic E-state index is 12.9. The van der Waals surface area contributed by atoms with Crippen molar-refractivity contribution in [2.24, 2.45) is 23.7 Å². The first-order chi connectivity index (χ1) is 15.9. The number of nitriles is 1. The number of Topliss-reactive ketones (excluding diaryl/α,β-unsaturated/α-hetero) is 1. The zero-order chi connectivity index (χ0) is 23.1. The summed E-state index contributed by atoms with van der Waals surface area (Å²) in [6.07, 6.45) is 8.01. The number of carbonyl (C=O) groups excluding carboxylic acids is 2. The number of carbonyl (C=O) groups is 2. The number of ketones is 1. The van der Waals surface area contributed by atoms with E-state index in [1.165, 1.54) is 6.42 Å². The Morgan fingerprint density at radius 2 is 1.85 bits per heavy atom. The molecule has 4 bridgehead atoms. The monoisotopic (exact) mass is 451 g/mol. The number of nitrogens with zero attached hydrogens (tertiary/aromatic N) is 1. The van der Waals surface area contributed by atoms with E-state index in [4.69, 9.17) is 9.47 Å². The van der Waals surface area contributed by atoms with Crippen LogP contribution in [0.15, 0.2) is 24.3 Å². The van der Waals surface area contributed by atoms with Gasteiger partial charge in [0.25, 0.3) is 0 Å². The average molecular weight is 452 g/mol. The van der Waals surface area contributed by atoms with Crippen LogP contribution in [0.3, 0.4) is 0 Å². The number of methoxy groups -OCH3 is 1. The van der Waals surface area contributed by atoms with E-state index >= 15 is 0 Å². The van der Waals surface area contributed by atoms with E-state index in [-0.39, 0.29) is 23.2 Å². The van der Waals surface area contributed by atoms with Crippen LogP contribution in [-0.2, 0) is 9.53 Å². The summed E-state index contributed by atoms with van der Waals surface area (Å²) in [7, 11) is 1.61. The van der Waals surface area contributed by atoms with E-state index in [9.17, 15) is 14.9 Å². The van der Waals surface area contributed by atoms with E-state index in [2.05, 4.69) is 16.7 Å². The van der Waals surface area contributed by atoms with Gasteiger partial charge in [-0.3, -0.25) is 10.1 Å². The van der Waals surface area contributed by atoms with Crippen LogP contribution in [-0.4, -0.2) is 36.7 Å². The highest BCUT2D eigenvalue weighted by molar-refractivity contribution is 5.85. The van der Waals surface area contributed by atoms with Gasteiger partial charge in [0.05, 0.1) is 25.6 Å². The van der Waals surface area contributed by atoms with Gasteiger partial charge in [-0.05, 0) is 81.0 Å². The first-order valence-electron chi connectivity index (χ1n) is 12.2. The summed E-state index contributed by atoms with van der Waals surface area (Å²) < 4.78 is 11.3. The molecule has 5 aliphatic carbocycles. The Hall–Kier alpha value is -2.59. The van der Waals surface area contributed by atoms with Crippen LogP contribution in [0.5, 0.6) is 5.75 Å². The topological polar surface area (TPSA) is 100 Å². The zero-order valence-corrected chi connectivity index (χ0v) is 19.3. The molecule has 2 N–H and O–H groups in total. The quantitative estimate of drug-likeness (QED) is 0.636. The third-order valence-electron chi connectivity index (χ3n) is 8.39. The minimum absolute atomic E-state index is 0.128. The molecular formula is C26H33N3O4. The van der Waals surface area contributed by atoms with Gasteiger partial charge in [0.1, 0.15) is 11.4 Å². The summed E-state index contributed by atoms with van der Waals surface area (Å²) in [6, 6.07) is 9.52. The van der Waals surface area contributed by atoms with Gasteiger partial charge in [0.15, 0.2) is 5.78 Å². The van der Waals surface area contributed by atoms with E-state index < -0.39 is 11.7 Å². The number of ether oxygens (including phenoxy) is 2. The number of nitrogens with one attached hydrogen (secondary N) is 2. The van der Waals surface area contributed by atoms with Crippen molar-refractivity contribution < 1.29 is 19.1 Å². The fraction of sp³-hybridized carbons (Fsp3) is 0.654. The molecule has 5 aliphatic rings. The summed E-state index contributed by atoms with van der Waals surface area (Å²) in [5.74, 6) is 1.67. The molecule has 1 aromatic rings. The molecule has 7 heteroatoms. The van der Waals surface area contributed by atoms with Crippen molar-refractivity contribution in [3.05, 3.63) is 24.3 Å². The third kappa shape index (κ3) is 4.46. The first kappa shape index (κ1) is 22.2. The molecular weight excluding hydrogens is 418 g/mol. The molecule has 0 radical (unpaired) electrons. The zero-order valence-electron chi connectivity index (χ0n) is 19.3. The lowest BCUT2D eigenvalue weighted by Crippen LogP contribution is -2.66. The number of benzene rings is 1. The summed E-state index contributed by atoms with van der Waals surface area (Å²) in [5, 5.41) is 15.8. The Labute approximate surface area is 195 Å². The second kappa shape index (κ2) is 8.64. The molecule has 1 aromatic carbocycles. The molecule has 0 spiro atoms. The first-order valence-corrected chi connectivity index (χ1v) is 12.2. The van der Waals surface area contributed by atoms with Gasteiger partial charge in [0.2, 0.25) is 0 Å². The van der Waals surface area contributed by atoms with Gasteiger partial charge in [-0.1, -0.05) is 6.42 Å². The third-order valence-corrected chi connectivity index (χ3v) is 8.39. The Morgan fingerprint density at radius 1 is 1.12 bits per heavy atom. The number of amides is 1. The Balaban J connectivity index is 1.23. The van der Waals surface area contributed by atoms with Gasteiger partial charge in [-0.25, -0.2) is 4.79 Å². The summed E-state index contributed by atoms with van der Waals surface area (Å²) in [5.41, 5.74) is 0.0488. The molecule has 0 aliphatic heterocycles. The fourth-order valence-corrected chi connectivity index (χ4v) is 7.42. The highest BCUT2D eigenvalue weighted by Gasteiger charge is 2.59. The summed E-state index contributed by atoms with van der Waals surface area (Å²) >= 11 is 0. The van der Waals surface area contributed by atoms with Crippen molar-refractivity contribution in [2.75, 3.05) is 19.0 Å². The number of anilines is 1. The Bertz CT molecular complexity index is 939. The lowest BCUT2D eigenvalue weighted by atomic mass is 9.51. The Kier molecular flexibility index (Phi) is 5.82. The lowest BCUT2D eigenvalue weighted by molar-refractivity contribution is -0.144. The second-order valence-electron chi connectivity index (χ2n) is 10.8. The summed E-state index contributed by atoms with van der Waals surface area (Å²) in [4.78, 5) is 25.7. The lowest BCUT2D eigenvalue weighted by Gasteiger charge is -2.61. The van der Waals surface area contributed by atoms with Crippen molar-refractivity contribution >= 4 is 17.6 Å². The van der Waals surface area contributed by atoms with Crippen molar-refractivity contribution in [3.8, 4) is 11.8 Å². The van der Waals surface area contributed by atoms with E-state index in [1.807, 2.05) is 0 Å². The normalized spacial score (nSPS) is 36.2. The van der Waals surface area contributed by atoms with Gasteiger partial charge >= 0.3 is 6.09 Å². The molecule has 0 aromatic heterocycles. The maximum Gasteiger partial charge on any atom is 0.412 e. The standard InChI is InChI=1S/C26H33N3O4/c1-32-21-7-5-20(6-8-21)29-24(31)33-26-12-17-9-18(13-26)11-25(10-17,16-26)28-15-23(30)22-4-2-3-19(22)14-27/h5-8,17-19,22,28H,2-4,9-13,15-16H2,1H3,(H,29,31)/t17?,18?,19-,22?,25?,26?/m0/s1. The van der Waals surface area contributed by atoms with Gasteiger partial charge < -0.3 is 14.8 Å². The number of rotatable bonds is 7. The number of hydrogen-bond acceptors (Lipinski definition) is 6. The van der Waals surface area contributed by atoms with Gasteiger partial charge in [-0.15, -0.1) is 0 Å². The highest BCUT2D eigenvalue weighted by Crippen LogP contribution is 2.59. The molecule has 7 nitrogen and oxygen atoms in total.